The van der Waals surface area contributed by atoms with Crippen LogP contribution in [0, 0.1) is 11.8 Å². The van der Waals surface area contributed by atoms with Crippen LogP contribution < -0.4 is 15.6 Å². The third-order valence-electron chi connectivity index (χ3n) is 5.25. The number of benzene rings is 1. The molecule has 1 saturated carbocycles. The van der Waals surface area contributed by atoms with E-state index in [2.05, 4.69) is 15.0 Å². The molecule has 0 radical (unpaired) electrons. The molecule has 2 aliphatic carbocycles. The molecule has 30 heavy (non-hydrogen) atoms. The Labute approximate surface area is 174 Å². The third-order valence-corrected chi connectivity index (χ3v) is 6.25. The van der Waals surface area contributed by atoms with E-state index < -0.39 is 28.6 Å². The maximum absolute atomic E-state index is 15.2. The number of nitrogens with one attached hydrogen (secondary N) is 2. The highest BCUT2D eigenvalue weighted by molar-refractivity contribution is 7.83. The van der Waals surface area contributed by atoms with Gasteiger partial charge in [-0.05, 0) is 36.8 Å². The highest BCUT2D eigenvalue weighted by atomic mass is 32.2. The molecule has 7 nitrogen and oxygen atoms in total. The molecule has 3 aromatic rings. The molecule has 2 aliphatic rings. The first-order chi connectivity index (χ1) is 14.4. The molecule has 10 heteroatoms. The average molecular weight is 434 g/mol. The maximum atomic E-state index is 15.2. The number of hydrogen-bond acceptors (Lipinski definition) is 5. The van der Waals surface area contributed by atoms with Crippen molar-refractivity contribution in [1.29, 1.82) is 0 Å². The molecule has 0 spiro atoms. The second-order valence-corrected chi connectivity index (χ2v) is 8.36. The lowest BCUT2D eigenvalue weighted by Gasteiger charge is -2.19. The molecule has 2 heterocycles. The van der Waals surface area contributed by atoms with Crippen LogP contribution in [0.4, 0.5) is 14.5 Å². The number of hydrogen-bond donors (Lipinski definition) is 2. The summed E-state index contributed by atoms with van der Waals surface area (Å²) in [7, 11) is -0.227. The minimum Gasteiger partial charge on any atom is -0.454 e. The van der Waals surface area contributed by atoms with Crippen LogP contribution in [-0.4, -0.2) is 13.8 Å². The van der Waals surface area contributed by atoms with Crippen LogP contribution in [0.5, 0.6) is 0 Å². The van der Waals surface area contributed by atoms with Crippen molar-refractivity contribution in [3.63, 3.8) is 0 Å². The van der Waals surface area contributed by atoms with Crippen LogP contribution in [0.15, 0.2) is 80.3 Å². The first kappa shape index (κ1) is 18.7. The molecule has 5 rings (SSSR count). The second kappa shape index (κ2) is 6.91. The Hall–Kier alpha value is -3.27. The number of fused-ring (bicyclic) bond motifs is 2. The Balaban J connectivity index is 0.00000144. The van der Waals surface area contributed by atoms with Gasteiger partial charge in [-0.15, -0.1) is 0 Å². The SMILES string of the molecule is Cn1cnc2ccc(NC3=C(F)C4CC4C(NS(=O)c4ccco4)=C3F)cc2c1=O.[HH].[HH]. The van der Waals surface area contributed by atoms with Gasteiger partial charge in [-0.3, -0.25) is 9.52 Å². The van der Waals surface area contributed by atoms with E-state index in [0.29, 0.717) is 23.0 Å². The molecule has 0 saturated heterocycles. The number of aryl methyl sites for hydroxylation is 1. The molecule has 3 unspecified atom stereocenters. The Morgan fingerprint density at radius 2 is 2.13 bits per heavy atom. The summed E-state index contributed by atoms with van der Waals surface area (Å²) in [5, 5.41) is 3.22. The van der Waals surface area contributed by atoms with Crippen molar-refractivity contribution in [3.8, 4) is 0 Å². The Kier molecular flexibility index (Phi) is 4.31. The summed E-state index contributed by atoms with van der Waals surface area (Å²) in [5.41, 5.74) is 0.315. The van der Waals surface area contributed by atoms with E-state index in [-0.39, 0.29) is 30.8 Å². The Morgan fingerprint density at radius 3 is 2.90 bits per heavy atom. The van der Waals surface area contributed by atoms with E-state index in [9.17, 15) is 13.4 Å². The van der Waals surface area contributed by atoms with Crippen LogP contribution in [0.1, 0.15) is 9.27 Å². The van der Waals surface area contributed by atoms with Gasteiger partial charge in [0.2, 0.25) is 5.09 Å². The van der Waals surface area contributed by atoms with E-state index in [0.717, 1.165) is 0 Å². The predicted molar refractivity (Wildman–Crippen MR) is 111 cm³/mol. The summed E-state index contributed by atoms with van der Waals surface area (Å²) in [6, 6.07) is 7.79. The predicted octanol–water partition coefficient (Wildman–Crippen LogP) is 3.75. The summed E-state index contributed by atoms with van der Waals surface area (Å²) >= 11 is 0. The van der Waals surface area contributed by atoms with Crippen LogP contribution in [0.3, 0.4) is 0 Å². The third kappa shape index (κ3) is 3.04. The van der Waals surface area contributed by atoms with Crippen molar-refractivity contribution in [2.24, 2.45) is 18.9 Å². The fourth-order valence-electron chi connectivity index (χ4n) is 3.57. The van der Waals surface area contributed by atoms with E-state index >= 15 is 4.39 Å². The number of anilines is 1. The summed E-state index contributed by atoms with van der Waals surface area (Å²) in [6.45, 7) is 0. The van der Waals surface area contributed by atoms with Crippen molar-refractivity contribution >= 4 is 27.6 Å². The number of nitrogens with zero attached hydrogens (tertiary/aromatic N) is 2. The number of rotatable bonds is 5. The van der Waals surface area contributed by atoms with Crippen LogP contribution >= 0.6 is 0 Å². The number of furan rings is 1. The molecule has 3 atom stereocenters. The zero-order valence-corrected chi connectivity index (χ0v) is 16.5. The van der Waals surface area contributed by atoms with E-state index in [1.54, 1.807) is 25.2 Å². The quantitative estimate of drug-likeness (QED) is 0.638. The van der Waals surface area contributed by atoms with Crippen LogP contribution in [0.2, 0.25) is 0 Å². The van der Waals surface area contributed by atoms with Gasteiger partial charge in [-0.25, -0.2) is 18.0 Å². The molecule has 0 amide bonds. The minimum atomic E-state index is -1.80. The smallest absolute Gasteiger partial charge is 0.260 e. The molecular formula is C20H20F2N4O3S. The average Bonchev–Trinajstić information content (AvgIpc) is 3.34. The van der Waals surface area contributed by atoms with E-state index in [1.807, 2.05) is 0 Å². The zero-order valence-electron chi connectivity index (χ0n) is 15.7. The first-order valence-electron chi connectivity index (χ1n) is 9.18. The standard InChI is InChI=1S/C20H16F2N4O3S.2H2/c1-26-9-23-14-5-4-10(7-13(14)20(26)27)24-19-16(21)11-8-12(11)18(17(19)22)25-30(28)15-3-2-6-29-15;;/h2-7,9,11-12,24-25H,8H2,1H3;2*1H. The van der Waals surface area contributed by atoms with Gasteiger partial charge in [0, 0.05) is 27.4 Å². The highest BCUT2D eigenvalue weighted by Gasteiger charge is 2.50. The number of aromatic nitrogens is 2. The molecule has 2 aromatic heterocycles. The van der Waals surface area contributed by atoms with Gasteiger partial charge in [0.1, 0.15) is 11.5 Å². The molecular weight excluding hydrogens is 414 g/mol. The summed E-state index contributed by atoms with van der Waals surface area (Å²) in [4.78, 5) is 16.5. The molecule has 158 valence electrons. The fourth-order valence-corrected chi connectivity index (χ4v) is 4.46. The van der Waals surface area contributed by atoms with Crippen molar-refractivity contribution in [2.75, 3.05) is 5.32 Å². The van der Waals surface area contributed by atoms with Gasteiger partial charge >= 0.3 is 0 Å². The molecule has 1 fully saturated rings. The largest absolute Gasteiger partial charge is 0.454 e. The van der Waals surface area contributed by atoms with Gasteiger partial charge in [0.15, 0.2) is 16.8 Å². The van der Waals surface area contributed by atoms with Gasteiger partial charge in [0.25, 0.3) is 5.56 Å². The summed E-state index contributed by atoms with van der Waals surface area (Å²) in [6.07, 6.45) is 3.20. The number of halogens is 2. The zero-order chi connectivity index (χ0) is 21.0. The topological polar surface area (TPSA) is 89.2 Å². The molecule has 0 aliphatic heterocycles. The summed E-state index contributed by atoms with van der Waals surface area (Å²) in [5.74, 6) is -2.29. The normalized spacial score (nSPS) is 21.6. The maximum Gasteiger partial charge on any atom is 0.260 e. The van der Waals surface area contributed by atoms with Gasteiger partial charge in [0.05, 0.1) is 29.2 Å². The highest BCUT2D eigenvalue weighted by Crippen LogP contribution is 2.55. The number of allylic oxidation sites excluding steroid dienone is 3. The van der Waals surface area contributed by atoms with Crippen LogP contribution in [-0.2, 0) is 18.0 Å². The monoisotopic (exact) mass is 434 g/mol. The Morgan fingerprint density at radius 1 is 1.30 bits per heavy atom. The fraction of sp³-hybridized carbons (Fsp3) is 0.200. The second-order valence-electron chi connectivity index (χ2n) is 7.22. The summed E-state index contributed by atoms with van der Waals surface area (Å²) < 4.78 is 51.4. The Bertz CT molecular complexity index is 1320. The lowest BCUT2D eigenvalue weighted by molar-refractivity contribution is 0.462. The lowest BCUT2D eigenvalue weighted by Crippen LogP contribution is -2.24. The lowest BCUT2D eigenvalue weighted by atomic mass is 10.1. The van der Waals surface area contributed by atoms with E-state index in [4.69, 9.17) is 4.42 Å². The molecule has 2 N–H and O–H groups in total. The van der Waals surface area contributed by atoms with Gasteiger partial charge in [-0.2, -0.15) is 0 Å². The molecule has 0 bridgehead atoms. The van der Waals surface area contributed by atoms with Crippen molar-refractivity contribution in [2.45, 2.75) is 11.5 Å². The van der Waals surface area contributed by atoms with E-state index in [1.165, 1.54) is 29.3 Å². The van der Waals surface area contributed by atoms with Crippen molar-refractivity contribution < 1.29 is 20.3 Å². The minimum absolute atomic E-state index is 0. The van der Waals surface area contributed by atoms with Crippen molar-refractivity contribution in [1.82, 2.24) is 14.3 Å². The first-order valence-corrected chi connectivity index (χ1v) is 10.3. The van der Waals surface area contributed by atoms with Gasteiger partial charge < -0.3 is 14.3 Å². The van der Waals surface area contributed by atoms with Gasteiger partial charge in [-0.1, -0.05) is 0 Å². The van der Waals surface area contributed by atoms with Crippen molar-refractivity contribution in [3.05, 3.63) is 76.3 Å². The molecule has 1 aromatic carbocycles. The van der Waals surface area contributed by atoms with Crippen LogP contribution in [0.25, 0.3) is 10.9 Å².